The number of rotatable bonds is 5. The first kappa shape index (κ1) is 15.8. The maximum absolute atomic E-state index is 11.1. The summed E-state index contributed by atoms with van der Waals surface area (Å²) >= 11 is 0. The van der Waals surface area contributed by atoms with Gasteiger partial charge in [-0.15, -0.1) is 0 Å². The van der Waals surface area contributed by atoms with Crippen molar-refractivity contribution < 1.29 is 9.90 Å². The van der Waals surface area contributed by atoms with E-state index in [0.29, 0.717) is 5.56 Å². The van der Waals surface area contributed by atoms with E-state index in [-0.39, 0.29) is 0 Å². The lowest BCUT2D eigenvalue weighted by molar-refractivity contribution is 0.0696. The molecule has 5 heteroatoms. The monoisotopic (exact) mass is 291 g/mol. The lowest BCUT2D eigenvalue weighted by Gasteiger charge is -2.36. The van der Waals surface area contributed by atoms with Crippen molar-refractivity contribution in [3.63, 3.8) is 0 Å². The van der Waals surface area contributed by atoms with Crippen LogP contribution in [0.5, 0.6) is 0 Å². The van der Waals surface area contributed by atoms with Crippen LogP contribution in [-0.4, -0.2) is 74.2 Å². The lowest BCUT2D eigenvalue weighted by atomic mass is 10.1. The van der Waals surface area contributed by atoms with Gasteiger partial charge >= 0.3 is 5.97 Å². The largest absolute Gasteiger partial charge is 0.478 e. The van der Waals surface area contributed by atoms with E-state index in [9.17, 15) is 4.79 Å². The third-order valence-electron chi connectivity index (χ3n) is 4.04. The molecule has 1 aliphatic rings. The molecule has 1 heterocycles. The minimum atomic E-state index is -0.854. The van der Waals surface area contributed by atoms with Crippen LogP contribution in [0.4, 0.5) is 5.69 Å². The van der Waals surface area contributed by atoms with Gasteiger partial charge in [-0.25, -0.2) is 4.79 Å². The fraction of sp³-hybridized carbons (Fsp3) is 0.562. The van der Waals surface area contributed by atoms with Gasteiger partial charge in [0.05, 0.1) is 5.56 Å². The van der Waals surface area contributed by atoms with Crippen LogP contribution in [0.3, 0.4) is 0 Å². The van der Waals surface area contributed by atoms with E-state index in [1.54, 1.807) is 6.07 Å². The molecule has 1 aromatic carbocycles. The summed E-state index contributed by atoms with van der Waals surface area (Å²) in [5, 5.41) is 9.08. The SMILES string of the molecule is Cc1cc(N2CCN(CCN(C)C)CC2)ccc1C(=O)O. The van der Waals surface area contributed by atoms with Gasteiger partial charge in [0.15, 0.2) is 0 Å². The van der Waals surface area contributed by atoms with Gasteiger partial charge in [-0.1, -0.05) is 0 Å². The number of nitrogens with zero attached hydrogens (tertiary/aromatic N) is 3. The first-order chi connectivity index (χ1) is 9.97. The van der Waals surface area contributed by atoms with Gasteiger partial charge < -0.3 is 14.9 Å². The third-order valence-corrected chi connectivity index (χ3v) is 4.04. The molecular weight excluding hydrogens is 266 g/mol. The average Bonchev–Trinajstić information content (AvgIpc) is 2.45. The van der Waals surface area contributed by atoms with Crippen LogP contribution >= 0.6 is 0 Å². The van der Waals surface area contributed by atoms with Crippen molar-refractivity contribution >= 4 is 11.7 Å². The summed E-state index contributed by atoms with van der Waals surface area (Å²) in [4.78, 5) is 18.1. The van der Waals surface area contributed by atoms with Crippen LogP contribution in [0, 0.1) is 6.92 Å². The van der Waals surface area contributed by atoms with Crippen LogP contribution in [-0.2, 0) is 0 Å². The fourth-order valence-electron chi connectivity index (χ4n) is 2.66. The first-order valence-corrected chi connectivity index (χ1v) is 7.43. The first-order valence-electron chi connectivity index (χ1n) is 7.43. The summed E-state index contributed by atoms with van der Waals surface area (Å²) in [6.45, 7) is 8.18. The topological polar surface area (TPSA) is 47.0 Å². The van der Waals surface area contributed by atoms with E-state index < -0.39 is 5.97 Å². The number of benzene rings is 1. The van der Waals surface area contributed by atoms with Crippen LogP contribution in [0.2, 0.25) is 0 Å². The van der Waals surface area contributed by atoms with E-state index in [1.165, 1.54) is 0 Å². The molecular formula is C16H25N3O2. The molecule has 1 fully saturated rings. The minimum absolute atomic E-state index is 0.392. The lowest BCUT2D eigenvalue weighted by Crippen LogP contribution is -2.48. The molecule has 0 saturated carbocycles. The second kappa shape index (κ2) is 6.91. The Bertz CT molecular complexity index is 494. The molecule has 0 aliphatic carbocycles. The molecule has 0 radical (unpaired) electrons. The van der Waals surface area contributed by atoms with E-state index in [1.807, 2.05) is 19.1 Å². The molecule has 1 aromatic rings. The highest BCUT2D eigenvalue weighted by Crippen LogP contribution is 2.20. The average molecular weight is 291 g/mol. The summed E-state index contributed by atoms with van der Waals surface area (Å²) < 4.78 is 0. The Morgan fingerprint density at radius 1 is 1.24 bits per heavy atom. The number of carboxylic acid groups (broad SMARTS) is 1. The summed E-state index contributed by atoms with van der Waals surface area (Å²) in [5.74, 6) is -0.854. The van der Waals surface area contributed by atoms with Crippen molar-refractivity contribution in [1.82, 2.24) is 9.80 Å². The van der Waals surface area contributed by atoms with Crippen LogP contribution in [0.25, 0.3) is 0 Å². The van der Waals surface area contributed by atoms with Crippen molar-refractivity contribution in [2.45, 2.75) is 6.92 Å². The number of carbonyl (C=O) groups is 1. The number of likely N-dealkylation sites (N-methyl/N-ethyl adjacent to an activating group) is 1. The number of hydrogen-bond donors (Lipinski definition) is 1. The van der Waals surface area contributed by atoms with E-state index in [4.69, 9.17) is 5.11 Å². The van der Waals surface area contributed by atoms with E-state index >= 15 is 0 Å². The maximum Gasteiger partial charge on any atom is 0.335 e. The molecule has 1 aliphatic heterocycles. The second-order valence-corrected chi connectivity index (χ2v) is 5.94. The summed E-state index contributed by atoms with van der Waals surface area (Å²) in [6.07, 6.45) is 0. The normalized spacial score (nSPS) is 16.5. The van der Waals surface area contributed by atoms with Gasteiger partial charge in [-0.2, -0.15) is 0 Å². The predicted octanol–water partition coefficient (Wildman–Crippen LogP) is 1.38. The van der Waals surface area contributed by atoms with Crippen molar-refractivity contribution in [3.8, 4) is 0 Å². The number of aryl methyl sites for hydroxylation is 1. The zero-order valence-electron chi connectivity index (χ0n) is 13.2. The summed E-state index contributed by atoms with van der Waals surface area (Å²) in [6, 6.07) is 5.62. The zero-order chi connectivity index (χ0) is 15.4. The van der Waals surface area contributed by atoms with E-state index in [0.717, 1.165) is 50.5 Å². The molecule has 0 aromatic heterocycles. The maximum atomic E-state index is 11.1. The van der Waals surface area contributed by atoms with Crippen molar-refractivity contribution in [1.29, 1.82) is 0 Å². The number of anilines is 1. The van der Waals surface area contributed by atoms with Crippen LogP contribution < -0.4 is 4.90 Å². The highest BCUT2D eigenvalue weighted by atomic mass is 16.4. The molecule has 116 valence electrons. The third kappa shape index (κ3) is 4.19. The number of hydrogen-bond acceptors (Lipinski definition) is 4. The van der Waals surface area contributed by atoms with Gasteiger partial charge in [0, 0.05) is 45.0 Å². The molecule has 21 heavy (non-hydrogen) atoms. The number of carboxylic acids is 1. The molecule has 2 rings (SSSR count). The standard InChI is InChI=1S/C16H25N3O2/c1-13-12-14(4-5-15(13)16(20)21)19-10-8-18(9-11-19)7-6-17(2)3/h4-5,12H,6-11H2,1-3H3,(H,20,21). The zero-order valence-corrected chi connectivity index (χ0v) is 13.2. The Labute approximate surface area is 126 Å². The van der Waals surface area contributed by atoms with Gasteiger partial charge in [-0.05, 0) is 44.8 Å². The number of aromatic carboxylic acids is 1. The molecule has 0 amide bonds. The Morgan fingerprint density at radius 3 is 2.43 bits per heavy atom. The predicted molar refractivity (Wildman–Crippen MR) is 85.3 cm³/mol. The molecule has 1 N–H and O–H groups in total. The molecule has 0 atom stereocenters. The summed E-state index contributed by atoms with van der Waals surface area (Å²) in [5.41, 5.74) is 2.35. The Kier molecular flexibility index (Phi) is 5.20. The second-order valence-electron chi connectivity index (χ2n) is 5.94. The van der Waals surface area contributed by atoms with Crippen LogP contribution in [0.15, 0.2) is 18.2 Å². The Balaban J connectivity index is 1.93. The minimum Gasteiger partial charge on any atom is -0.478 e. The Morgan fingerprint density at radius 2 is 1.90 bits per heavy atom. The highest BCUT2D eigenvalue weighted by molar-refractivity contribution is 5.89. The van der Waals surface area contributed by atoms with Crippen molar-refractivity contribution in [2.24, 2.45) is 0 Å². The van der Waals surface area contributed by atoms with Gasteiger partial charge in [0.25, 0.3) is 0 Å². The van der Waals surface area contributed by atoms with Crippen LogP contribution in [0.1, 0.15) is 15.9 Å². The quantitative estimate of drug-likeness (QED) is 0.888. The van der Waals surface area contributed by atoms with Gasteiger partial charge in [0.1, 0.15) is 0 Å². The molecule has 5 nitrogen and oxygen atoms in total. The number of piperazine rings is 1. The molecule has 1 saturated heterocycles. The summed E-state index contributed by atoms with van der Waals surface area (Å²) in [7, 11) is 4.20. The van der Waals surface area contributed by atoms with Gasteiger partial charge in [-0.3, -0.25) is 4.90 Å². The molecule has 0 unspecified atom stereocenters. The van der Waals surface area contributed by atoms with E-state index in [2.05, 4.69) is 28.8 Å². The highest BCUT2D eigenvalue weighted by Gasteiger charge is 2.18. The Hall–Kier alpha value is -1.59. The smallest absolute Gasteiger partial charge is 0.335 e. The molecule has 0 spiro atoms. The van der Waals surface area contributed by atoms with Gasteiger partial charge in [0.2, 0.25) is 0 Å². The van der Waals surface area contributed by atoms with Crippen molar-refractivity contribution in [3.05, 3.63) is 29.3 Å². The fourth-order valence-corrected chi connectivity index (χ4v) is 2.66. The molecule has 0 bridgehead atoms. The van der Waals surface area contributed by atoms with Crippen molar-refractivity contribution in [2.75, 3.05) is 58.3 Å².